The number of fused-ring (bicyclic) bond motifs is 2. The van der Waals surface area contributed by atoms with E-state index < -0.39 is 0 Å². The molecule has 0 aromatic heterocycles. The third kappa shape index (κ3) is 4.55. The van der Waals surface area contributed by atoms with Gasteiger partial charge in [-0.2, -0.15) is 0 Å². The van der Waals surface area contributed by atoms with E-state index >= 15 is 0 Å². The topological polar surface area (TPSA) is 66.0 Å². The summed E-state index contributed by atoms with van der Waals surface area (Å²) in [6.07, 6.45) is 0. The second-order valence-corrected chi connectivity index (χ2v) is 7.58. The van der Waals surface area contributed by atoms with Crippen LogP contribution in [0.2, 0.25) is 0 Å². The van der Waals surface area contributed by atoms with Crippen LogP contribution in [-0.2, 0) is 6.61 Å². The van der Waals surface area contributed by atoms with Crippen LogP contribution in [0.5, 0.6) is 23.0 Å². The van der Waals surface area contributed by atoms with E-state index in [9.17, 15) is 4.79 Å². The van der Waals surface area contributed by atoms with E-state index in [-0.39, 0.29) is 19.3 Å². The molecule has 1 aliphatic rings. The molecule has 4 aromatic rings. The summed E-state index contributed by atoms with van der Waals surface area (Å²) in [5.41, 5.74) is 1.93. The zero-order valence-electron chi connectivity index (χ0n) is 18.2. The highest BCUT2D eigenvalue weighted by molar-refractivity contribution is 6.04. The van der Waals surface area contributed by atoms with E-state index in [1.54, 1.807) is 36.4 Å². The minimum absolute atomic E-state index is 0.187. The standard InChI is InChI=1S/C27H23NO5/c1-2-30-24-11-8-20(27(29)28-22-9-12-25-26(15-22)33-17-32-25)13-21(24)16-31-23-10-7-18-5-3-4-6-19(18)14-23/h3-15H,2,16-17H2,1H3,(H,28,29). The lowest BCUT2D eigenvalue weighted by Crippen LogP contribution is -2.13. The van der Waals surface area contributed by atoms with Crippen molar-refractivity contribution in [2.75, 3.05) is 18.7 Å². The number of carbonyl (C=O) groups excluding carboxylic acids is 1. The highest BCUT2D eigenvalue weighted by atomic mass is 16.7. The van der Waals surface area contributed by atoms with Gasteiger partial charge in [0.1, 0.15) is 18.1 Å². The predicted octanol–water partition coefficient (Wildman–Crippen LogP) is 5.80. The fourth-order valence-electron chi connectivity index (χ4n) is 3.73. The van der Waals surface area contributed by atoms with E-state index in [4.69, 9.17) is 18.9 Å². The van der Waals surface area contributed by atoms with Crippen molar-refractivity contribution >= 4 is 22.4 Å². The average molecular weight is 441 g/mol. The van der Waals surface area contributed by atoms with E-state index in [0.29, 0.717) is 35.1 Å². The number of ether oxygens (including phenoxy) is 4. The van der Waals surface area contributed by atoms with Gasteiger partial charge in [-0.15, -0.1) is 0 Å². The maximum Gasteiger partial charge on any atom is 0.255 e. The van der Waals surface area contributed by atoms with Gasteiger partial charge < -0.3 is 24.3 Å². The molecule has 0 unspecified atom stereocenters. The Morgan fingerprint density at radius 2 is 1.73 bits per heavy atom. The van der Waals surface area contributed by atoms with Crippen molar-refractivity contribution in [3.63, 3.8) is 0 Å². The van der Waals surface area contributed by atoms with E-state index in [2.05, 4.69) is 17.4 Å². The molecule has 0 bridgehead atoms. The molecule has 0 spiro atoms. The largest absolute Gasteiger partial charge is 0.493 e. The quantitative estimate of drug-likeness (QED) is 0.393. The molecule has 0 aliphatic carbocycles. The first-order valence-corrected chi connectivity index (χ1v) is 10.8. The number of amides is 1. The summed E-state index contributed by atoms with van der Waals surface area (Å²) in [5.74, 6) is 2.50. The molecule has 0 atom stereocenters. The Bertz CT molecular complexity index is 1320. The fraction of sp³-hybridized carbons (Fsp3) is 0.148. The molecule has 6 heteroatoms. The summed E-state index contributed by atoms with van der Waals surface area (Å²) in [6.45, 7) is 2.91. The highest BCUT2D eigenvalue weighted by Crippen LogP contribution is 2.34. The number of hydrogen-bond donors (Lipinski definition) is 1. The van der Waals surface area contributed by atoms with Crippen LogP contribution in [0, 0.1) is 0 Å². The van der Waals surface area contributed by atoms with Crippen LogP contribution in [0.25, 0.3) is 10.8 Å². The van der Waals surface area contributed by atoms with Crippen LogP contribution in [0.4, 0.5) is 5.69 Å². The molecule has 0 saturated carbocycles. The van der Waals surface area contributed by atoms with Gasteiger partial charge in [-0.3, -0.25) is 4.79 Å². The Balaban J connectivity index is 1.34. The predicted molar refractivity (Wildman–Crippen MR) is 126 cm³/mol. The number of anilines is 1. The number of benzene rings is 4. The first-order chi connectivity index (χ1) is 16.2. The van der Waals surface area contributed by atoms with Crippen molar-refractivity contribution in [1.29, 1.82) is 0 Å². The number of nitrogens with one attached hydrogen (secondary N) is 1. The Kier molecular flexibility index (Phi) is 5.72. The number of carbonyl (C=O) groups is 1. The molecule has 0 saturated heterocycles. The summed E-state index contributed by atoms with van der Waals surface area (Å²) in [5, 5.41) is 5.17. The Hall–Kier alpha value is -4.19. The Morgan fingerprint density at radius 1 is 0.879 bits per heavy atom. The van der Waals surface area contributed by atoms with Gasteiger partial charge in [0, 0.05) is 22.9 Å². The second kappa shape index (κ2) is 9.12. The molecule has 1 aliphatic heterocycles. The number of rotatable bonds is 7. The zero-order chi connectivity index (χ0) is 22.6. The molecule has 166 valence electrons. The Morgan fingerprint density at radius 3 is 2.61 bits per heavy atom. The van der Waals surface area contributed by atoms with Crippen LogP contribution >= 0.6 is 0 Å². The van der Waals surface area contributed by atoms with Gasteiger partial charge in [0.15, 0.2) is 11.5 Å². The van der Waals surface area contributed by atoms with Crippen LogP contribution < -0.4 is 24.3 Å². The molecule has 6 nitrogen and oxygen atoms in total. The first kappa shape index (κ1) is 20.7. The summed E-state index contributed by atoms with van der Waals surface area (Å²) < 4.78 is 22.5. The molecular formula is C27H23NO5. The molecule has 0 radical (unpaired) electrons. The molecule has 33 heavy (non-hydrogen) atoms. The van der Waals surface area contributed by atoms with Crippen LogP contribution in [0.15, 0.2) is 78.9 Å². The molecule has 5 rings (SSSR count). The van der Waals surface area contributed by atoms with Crippen molar-refractivity contribution in [3.05, 3.63) is 90.0 Å². The van der Waals surface area contributed by atoms with Gasteiger partial charge >= 0.3 is 0 Å². The zero-order valence-corrected chi connectivity index (χ0v) is 18.2. The van der Waals surface area contributed by atoms with Crippen molar-refractivity contribution in [3.8, 4) is 23.0 Å². The van der Waals surface area contributed by atoms with Crippen LogP contribution in [0.3, 0.4) is 0 Å². The summed E-state index contributed by atoms with van der Waals surface area (Å²) in [4.78, 5) is 12.9. The monoisotopic (exact) mass is 441 g/mol. The summed E-state index contributed by atoms with van der Waals surface area (Å²) >= 11 is 0. The lowest BCUT2D eigenvalue weighted by Gasteiger charge is -2.14. The van der Waals surface area contributed by atoms with E-state index in [0.717, 1.165) is 22.1 Å². The molecular weight excluding hydrogens is 418 g/mol. The number of hydrogen-bond acceptors (Lipinski definition) is 5. The van der Waals surface area contributed by atoms with Crippen LogP contribution in [0.1, 0.15) is 22.8 Å². The SMILES string of the molecule is CCOc1ccc(C(=O)Nc2ccc3c(c2)OCO3)cc1COc1ccc2ccccc2c1. The summed E-state index contributed by atoms with van der Waals surface area (Å²) in [7, 11) is 0. The van der Waals surface area contributed by atoms with E-state index in [1.807, 2.05) is 37.3 Å². The fourth-order valence-corrected chi connectivity index (χ4v) is 3.73. The van der Waals surface area contributed by atoms with Gasteiger partial charge in [0.05, 0.1) is 6.61 Å². The van der Waals surface area contributed by atoms with Gasteiger partial charge in [-0.25, -0.2) is 0 Å². The molecule has 1 heterocycles. The molecule has 1 amide bonds. The lowest BCUT2D eigenvalue weighted by atomic mass is 10.1. The van der Waals surface area contributed by atoms with Crippen LogP contribution in [-0.4, -0.2) is 19.3 Å². The van der Waals surface area contributed by atoms with Crippen molar-refractivity contribution in [1.82, 2.24) is 0 Å². The van der Waals surface area contributed by atoms with E-state index in [1.165, 1.54) is 0 Å². The second-order valence-electron chi connectivity index (χ2n) is 7.58. The van der Waals surface area contributed by atoms with Crippen molar-refractivity contribution in [2.24, 2.45) is 0 Å². The Labute approximate surface area is 191 Å². The third-order valence-corrected chi connectivity index (χ3v) is 5.37. The maximum absolute atomic E-state index is 12.9. The molecule has 1 N–H and O–H groups in total. The van der Waals surface area contributed by atoms with Gasteiger partial charge in [0.2, 0.25) is 6.79 Å². The minimum atomic E-state index is -0.233. The molecule has 4 aromatic carbocycles. The third-order valence-electron chi connectivity index (χ3n) is 5.37. The minimum Gasteiger partial charge on any atom is -0.493 e. The first-order valence-electron chi connectivity index (χ1n) is 10.8. The van der Waals surface area contributed by atoms with Gasteiger partial charge in [0.25, 0.3) is 5.91 Å². The maximum atomic E-state index is 12.9. The van der Waals surface area contributed by atoms with Gasteiger partial charge in [-0.05, 0) is 60.2 Å². The summed E-state index contributed by atoms with van der Waals surface area (Å²) in [6, 6.07) is 24.8. The molecule has 0 fully saturated rings. The lowest BCUT2D eigenvalue weighted by molar-refractivity contribution is 0.102. The smallest absolute Gasteiger partial charge is 0.255 e. The van der Waals surface area contributed by atoms with Crippen molar-refractivity contribution in [2.45, 2.75) is 13.5 Å². The highest BCUT2D eigenvalue weighted by Gasteiger charge is 2.16. The average Bonchev–Trinajstić information content (AvgIpc) is 3.31. The van der Waals surface area contributed by atoms with Crippen molar-refractivity contribution < 1.29 is 23.7 Å². The van der Waals surface area contributed by atoms with Gasteiger partial charge in [-0.1, -0.05) is 30.3 Å². The normalized spacial score (nSPS) is 11.9.